The van der Waals surface area contributed by atoms with Crippen molar-refractivity contribution in [2.24, 2.45) is 0 Å². The number of nitrogens with zero attached hydrogens (tertiary/aromatic N) is 4. The highest BCUT2D eigenvalue weighted by molar-refractivity contribution is 7.13. The van der Waals surface area contributed by atoms with Crippen LogP contribution in [0.5, 0.6) is 0 Å². The Morgan fingerprint density at radius 1 is 1.23 bits per heavy atom. The van der Waals surface area contributed by atoms with E-state index < -0.39 is 0 Å². The number of benzene rings is 1. The lowest BCUT2D eigenvalue weighted by Gasteiger charge is -2.07. The topological polar surface area (TPSA) is 72.7 Å². The van der Waals surface area contributed by atoms with Crippen LogP contribution in [0.1, 0.15) is 25.5 Å². The average molecular weight is 384 g/mol. The summed E-state index contributed by atoms with van der Waals surface area (Å²) in [4.78, 5) is 26.1. The number of carbonyl (C=O) groups is 1. The number of hydrogen-bond donors (Lipinski definition) is 1. The average Bonchev–Trinajstić information content (AvgIpc) is 3.34. The second kappa shape index (κ2) is 6.97. The molecular formula is C18H17N5OS2. The quantitative estimate of drug-likeness (QED) is 0.555. The molecule has 0 aliphatic heterocycles. The van der Waals surface area contributed by atoms with Gasteiger partial charge in [0.15, 0.2) is 11.0 Å². The maximum absolute atomic E-state index is 12.6. The first-order chi connectivity index (χ1) is 12.6. The van der Waals surface area contributed by atoms with Gasteiger partial charge in [0.05, 0.1) is 22.2 Å². The van der Waals surface area contributed by atoms with E-state index in [0.717, 1.165) is 22.4 Å². The summed E-state index contributed by atoms with van der Waals surface area (Å²) < 4.78 is 1.90. The summed E-state index contributed by atoms with van der Waals surface area (Å²) in [5.41, 5.74) is 5.28. The highest BCUT2D eigenvalue weighted by Crippen LogP contribution is 2.25. The Labute approximate surface area is 158 Å². The number of imidazole rings is 1. The summed E-state index contributed by atoms with van der Waals surface area (Å²) in [5.74, 6) is 0.907. The SMILES string of the molecule is CC(C)c1csc(NC(=O)Cn2c(-c3cscn3)nc3ccccc32)n1. The lowest BCUT2D eigenvalue weighted by molar-refractivity contribution is -0.116. The van der Waals surface area contributed by atoms with Gasteiger partial charge < -0.3 is 9.88 Å². The predicted octanol–water partition coefficient (Wildman–Crippen LogP) is 4.38. The van der Waals surface area contributed by atoms with Crippen molar-refractivity contribution in [1.82, 2.24) is 19.5 Å². The van der Waals surface area contributed by atoms with Gasteiger partial charge in [-0.1, -0.05) is 26.0 Å². The third-order valence-electron chi connectivity index (χ3n) is 3.98. The molecule has 0 aliphatic carbocycles. The molecule has 3 aromatic heterocycles. The van der Waals surface area contributed by atoms with E-state index in [1.807, 2.05) is 39.6 Å². The Hall–Kier alpha value is -2.58. The first kappa shape index (κ1) is 16.9. The fourth-order valence-electron chi connectivity index (χ4n) is 2.67. The van der Waals surface area contributed by atoms with Crippen molar-refractivity contribution in [2.45, 2.75) is 26.3 Å². The zero-order valence-electron chi connectivity index (χ0n) is 14.3. The van der Waals surface area contributed by atoms with Crippen LogP contribution in [0.2, 0.25) is 0 Å². The standard InChI is InChI=1S/C18H17N5OS2/c1-11(2)13-9-26-18(21-13)22-16(24)7-23-15-6-4-3-5-12(15)20-17(23)14-8-25-10-19-14/h3-6,8-11H,7H2,1-2H3,(H,21,22,24). The Morgan fingerprint density at radius 2 is 2.08 bits per heavy atom. The second-order valence-corrected chi connectivity index (χ2v) is 7.74. The van der Waals surface area contributed by atoms with Crippen LogP contribution in [0.4, 0.5) is 5.13 Å². The van der Waals surface area contributed by atoms with Gasteiger partial charge in [-0.25, -0.2) is 15.0 Å². The molecule has 0 aliphatic rings. The zero-order valence-corrected chi connectivity index (χ0v) is 16.0. The monoisotopic (exact) mass is 383 g/mol. The molecule has 0 radical (unpaired) electrons. The number of anilines is 1. The maximum Gasteiger partial charge on any atom is 0.246 e. The van der Waals surface area contributed by atoms with E-state index in [9.17, 15) is 4.79 Å². The largest absolute Gasteiger partial charge is 0.313 e. The lowest BCUT2D eigenvalue weighted by atomic mass is 10.2. The normalized spacial score (nSPS) is 11.3. The van der Waals surface area contributed by atoms with Crippen molar-refractivity contribution in [1.29, 1.82) is 0 Å². The molecule has 4 rings (SSSR count). The number of nitrogens with one attached hydrogen (secondary N) is 1. The number of para-hydroxylation sites is 2. The van der Waals surface area contributed by atoms with E-state index in [2.05, 4.69) is 34.1 Å². The van der Waals surface area contributed by atoms with Crippen LogP contribution in [0.15, 0.2) is 40.5 Å². The molecule has 0 saturated carbocycles. The molecule has 0 atom stereocenters. The van der Waals surface area contributed by atoms with Crippen molar-refractivity contribution < 1.29 is 4.79 Å². The van der Waals surface area contributed by atoms with Gasteiger partial charge in [-0.3, -0.25) is 4.79 Å². The number of fused-ring (bicyclic) bond motifs is 1. The van der Waals surface area contributed by atoms with Crippen molar-refractivity contribution in [3.8, 4) is 11.5 Å². The predicted molar refractivity (Wildman–Crippen MR) is 106 cm³/mol. The van der Waals surface area contributed by atoms with Gasteiger partial charge in [0.1, 0.15) is 12.2 Å². The molecule has 132 valence electrons. The third-order valence-corrected chi connectivity index (χ3v) is 5.34. The maximum atomic E-state index is 12.6. The molecule has 26 heavy (non-hydrogen) atoms. The molecule has 0 saturated heterocycles. The summed E-state index contributed by atoms with van der Waals surface area (Å²) in [6.07, 6.45) is 0. The van der Waals surface area contributed by atoms with Crippen molar-refractivity contribution in [2.75, 3.05) is 5.32 Å². The van der Waals surface area contributed by atoms with Crippen LogP contribution in [-0.4, -0.2) is 25.4 Å². The summed E-state index contributed by atoms with van der Waals surface area (Å²) >= 11 is 2.95. The van der Waals surface area contributed by atoms with Gasteiger partial charge in [-0.05, 0) is 18.1 Å². The Morgan fingerprint density at radius 3 is 2.81 bits per heavy atom. The van der Waals surface area contributed by atoms with Crippen molar-refractivity contribution >= 4 is 44.7 Å². The van der Waals surface area contributed by atoms with Crippen LogP contribution < -0.4 is 5.32 Å². The summed E-state index contributed by atoms with van der Waals surface area (Å²) in [6.45, 7) is 4.32. The van der Waals surface area contributed by atoms with Gasteiger partial charge in [0.25, 0.3) is 0 Å². The van der Waals surface area contributed by atoms with E-state index in [1.54, 1.807) is 5.51 Å². The fourth-order valence-corrected chi connectivity index (χ4v) is 4.08. The highest BCUT2D eigenvalue weighted by atomic mass is 32.1. The lowest BCUT2D eigenvalue weighted by Crippen LogP contribution is -2.19. The molecule has 0 bridgehead atoms. The minimum absolute atomic E-state index is 0.130. The minimum atomic E-state index is -0.130. The Bertz CT molecular complexity index is 1050. The van der Waals surface area contributed by atoms with E-state index in [4.69, 9.17) is 0 Å². The Kier molecular flexibility index (Phi) is 4.52. The molecular weight excluding hydrogens is 366 g/mol. The molecule has 0 fully saturated rings. The first-order valence-corrected chi connectivity index (χ1v) is 10.0. The molecule has 0 unspecified atom stereocenters. The number of rotatable bonds is 5. The highest BCUT2D eigenvalue weighted by Gasteiger charge is 2.17. The Balaban J connectivity index is 1.63. The van der Waals surface area contributed by atoms with Gasteiger partial charge >= 0.3 is 0 Å². The summed E-state index contributed by atoms with van der Waals surface area (Å²) in [5, 5.41) is 7.43. The van der Waals surface area contributed by atoms with Crippen LogP contribution in [0.3, 0.4) is 0 Å². The third kappa shape index (κ3) is 3.25. The van der Waals surface area contributed by atoms with E-state index in [-0.39, 0.29) is 12.5 Å². The van der Waals surface area contributed by atoms with Gasteiger partial charge in [-0.2, -0.15) is 0 Å². The van der Waals surface area contributed by atoms with Crippen LogP contribution >= 0.6 is 22.7 Å². The van der Waals surface area contributed by atoms with Gasteiger partial charge in [-0.15, -0.1) is 22.7 Å². The van der Waals surface area contributed by atoms with Crippen LogP contribution in [0, 0.1) is 0 Å². The molecule has 1 amide bonds. The first-order valence-electron chi connectivity index (χ1n) is 8.21. The molecule has 1 aromatic carbocycles. The van der Waals surface area contributed by atoms with Crippen LogP contribution in [-0.2, 0) is 11.3 Å². The number of amides is 1. The number of hydrogen-bond acceptors (Lipinski definition) is 6. The zero-order chi connectivity index (χ0) is 18.1. The number of carbonyl (C=O) groups excluding carboxylic acids is 1. The van der Waals surface area contributed by atoms with Crippen molar-refractivity contribution in [3.05, 3.63) is 46.2 Å². The van der Waals surface area contributed by atoms with E-state index in [0.29, 0.717) is 16.9 Å². The molecule has 6 nitrogen and oxygen atoms in total. The smallest absolute Gasteiger partial charge is 0.246 e. The van der Waals surface area contributed by atoms with Gasteiger partial charge in [0, 0.05) is 10.8 Å². The number of aromatic nitrogens is 4. The van der Waals surface area contributed by atoms with Crippen LogP contribution in [0.25, 0.3) is 22.6 Å². The second-order valence-electron chi connectivity index (χ2n) is 6.16. The molecule has 4 aromatic rings. The fraction of sp³-hybridized carbons (Fsp3) is 0.222. The molecule has 8 heteroatoms. The van der Waals surface area contributed by atoms with E-state index >= 15 is 0 Å². The summed E-state index contributed by atoms with van der Waals surface area (Å²) in [6, 6.07) is 7.79. The molecule has 1 N–H and O–H groups in total. The minimum Gasteiger partial charge on any atom is -0.313 e. The van der Waals surface area contributed by atoms with E-state index in [1.165, 1.54) is 22.7 Å². The molecule has 0 spiro atoms. The number of thiazole rings is 2. The summed E-state index contributed by atoms with van der Waals surface area (Å²) in [7, 11) is 0. The van der Waals surface area contributed by atoms with Gasteiger partial charge in [0.2, 0.25) is 5.91 Å². The van der Waals surface area contributed by atoms with Crippen molar-refractivity contribution in [3.63, 3.8) is 0 Å². The molecule has 3 heterocycles.